The van der Waals surface area contributed by atoms with Crippen molar-refractivity contribution < 1.29 is 14.6 Å². The monoisotopic (exact) mass is 291 g/mol. The molecule has 1 aromatic rings. The first-order valence-electron chi connectivity index (χ1n) is 8.03. The van der Waals surface area contributed by atoms with E-state index in [0.717, 1.165) is 57.7 Å². The smallest absolute Gasteiger partial charge is 0.124 e. The van der Waals surface area contributed by atoms with Crippen LogP contribution in [0.2, 0.25) is 0 Å². The lowest BCUT2D eigenvalue weighted by atomic mass is 10.1. The maximum absolute atomic E-state index is 9.51. The number of aliphatic hydroxyl groups excluding tert-OH is 1. The van der Waals surface area contributed by atoms with Crippen molar-refractivity contribution in [1.82, 2.24) is 4.90 Å². The van der Waals surface area contributed by atoms with Gasteiger partial charge in [0, 0.05) is 26.1 Å². The maximum Gasteiger partial charge on any atom is 0.124 e. The minimum atomic E-state index is -0.0859. The van der Waals surface area contributed by atoms with Gasteiger partial charge < -0.3 is 19.5 Å². The van der Waals surface area contributed by atoms with E-state index in [2.05, 4.69) is 29.2 Å². The first kappa shape index (κ1) is 14.8. The lowest BCUT2D eigenvalue weighted by Crippen LogP contribution is -2.37. The molecule has 116 valence electrons. The van der Waals surface area contributed by atoms with Crippen molar-refractivity contribution in [2.75, 3.05) is 32.8 Å². The first-order valence-corrected chi connectivity index (χ1v) is 8.03. The highest BCUT2D eigenvalue weighted by atomic mass is 16.5. The molecule has 0 bridgehead atoms. The summed E-state index contributed by atoms with van der Waals surface area (Å²) in [5.74, 6) is 0.940. The van der Waals surface area contributed by atoms with Crippen LogP contribution in [0.15, 0.2) is 24.3 Å². The molecule has 2 aliphatic rings. The number of benzene rings is 1. The van der Waals surface area contributed by atoms with E-state index < -0.39 is 0 Å². The fourth-order valence-electron chi connectivity index (χ4n) is 2.96. The van der Waals surface area contributed by atoms with E-state index >= 15 is 0 Å². The van der Waals surface area contributed by atoms with E-state index in [4.69, 9.17) is 9.47 Å². The maximum atomic E-state index is 9.51. The van der Waals surface area contributed by atoms with E-state index in [1.165, 1.54) is 5.56 Å². The van der Waals surface area contributed by atoms with Gasteiger partial charge in [-0.25, -0.2) is 0 Å². The van der Waals surface area contributed by atoms with Gasteiger partial charge in [-0.3, -0.25) is 0 Å². The quantitative estimate of drug-likeness (QED) is 0.899. The second kappa shape index (κ2) is 7.25. The Kier molecular flexibility index (Phi) is 5.12. The van der Waals surface area contributed by atoms with Crippen molar-refractivity contribution in [2.45, 2.75) is 37.9 Å². The molecule has 4 heteroatoms. The largest absolute Gasteiger partial charge is 0.488 e. The van der Waals surface area contributed by atoms with E-state index in [0.29, 0.717) is 6.61 Å². The van der Waals surface area contributed by atoms with Crippen LogP contribution in [0.1, 0.15) is 24.8 Å². The summed E-state index contributed by atoms with van der Waals surface area (Å²) in [4.78, 5) is 2.44. The molecule has 0 aromatic heterocycles. The summed E-state index contributed by atoms with van der Waals surface area (Å²) >= 11 is 0. The van der Waals surface area contributed by atoms with Crippen LogP contribution in [-0.2, 0) is 11.2 Å². The molecule has 2 fully saturated rings. The SMILES string of the molecule is OC1CCN(CCc2ccc(OC3CCOC3)cc2)CC1. The fraction of sp³-hybridized carbons (Fsp3) is 0.647. The topological polar surface area (TPSA) is 41.9 Å². The standard InChI is InChI=1S/C17H25NO3/c19-15-6-10-18(11-7-15)9-5-14-1-3-16(4-2-14)21-17-8-12-20-13-17/h1-4,15,17,19H,5-13H2. The highest BCUT2D eigenvalue weighted by Gasteiger charge is 2.17. The number of rotatable bonds is 5. The molecule has 2 saturated heterocycles. The van der Waals surface area contributed by atoms with Crippen LogP contribution in [-0.4, -0.2) is 55.1 Å². The van der Waals surface area contributed by atoms with Gasteiger partial charge >= 0.3 is 0 Å². The van der Waals surface area contributed by atoms with Gasteiger partial charge in [-0.15, -0.1) is 0 Å². The fourth-order valence-corrected chi connectivity index (χ4v) is 2.96. The number of ether oxygens (including phenoxy) is 2. The Hall–Kier alpha value is -1.10. The van der Waals surface area contributed by atoms with Gasteiger partial charge in [0.05, 0.1) is 19.3 Å². The minimum absolute atomic E-state index is 0.0859. The second-order valence-corrected chi connectivity index (χ2v) is 6.07. The average molecular weight is 291 g/mol. The summed E-state index contributed by atoms with van der Waals surface area (Å²) < 4.78 is 11.2. The van der Waals surface area contributed by atoms with Gasteiger partial charge in [-0.2, -0.15) is 0 Å². The summed E-state index contributed by atoms with van der Waals surface area (Å²) in [6.45, 7) is 4.63. The second-order valence-electron chi connectivity index (χ2n) is 6.07. The molecule has 1 aromatic carbocycles. The molecule has 2 heterocycles. The zero-order chi connectivity index (χ0) is 14.5. The van der Waals surface area contributed by atoms with Crippen LogP contribution in [0.25, 0.3) is 0 Å². The lowest BCUT2D eigenvalue weighted by molar-refractivity contribution is 0.0832. The number of hydrogen-bond donors (Lipinski definition) is 1. The van der Waals surface area contributed by atoms with Crippen LogP contribution in [0, 0.1) is 0 Å². The summed E-state index contributed by atoms with van der Waals surface area (Å²) in [5.41, 5.74) is 1.34. The Bertz CT molecular complexity index is 420. The van der Waals surface area contributed by atoms with E-state index in [1.807, 2.05) is 0 Å². The Morgan fingerprint density at radius 2 is 1.90 bits per heavy atom. The third kappa shape index (κ3) is 4.43. The van der Waals surface area contributed by atoms with Gasteiger partial charge in [0.25, 0.3) is 0 Å². The molecule has 0 aliphatic carbocycles. The van der Waals surface area contributed by atoms with Crippen LogP contribution >= 0.6 is 0 Å². The van der Waals surface area contributed by atoms with Crippen molar-refractivity contribution in [3.05, 3.63) is 29.8 Å². The van der Waals surface area contributed by atoms with Crippen molar-refractivity contribution in [2.24, 2.45) is 0 Å². The van der Waals surface area contributed by atoms with Gasteiger partial charge in [0.15, 0.2) is 0 Å². The molecule has 21 heavy (non-hydrogen) atoms. The minimum Gasteiger partial charge on any atom is -0.488 e. The highest BCUT2D eigenvalue weighted by Crippen LogP contribution is 2.18. The molecule has 2 aliphatic heterocycles. The molecule has 1 atom stereocenters. The third-order valence-corrected chi connectivity index (χ3v) is 4.39. The zero-order valence-electron chi connectivity index (χ0n) is 12.5. The molecule has 0 spiro atoms. The Morgan fingerprint density at radius 3 is 2.57 bits per heavy atom. The molecule has 1 unspecified atom stereocenters. The Labute approximate surface area is 126 Å². The van der Waals surface area contributed by atoms with Crippen molar-refractivity contribution >= 4 is 0 Å². The summed E-state index contributed by atoms with van der Waals surface area (Å²) in [6, 6.07) is 8.44. The lowest BCUT2D eigenvalue weighted by Gasteiger charge is -2.29. The first-order chi connectivity index (χ1) is 10.3. The molecule has 1 N–H and O–H groups in total. The number of likely N-dealkylation sites (tertiary alicyclic amines) is 1. The highest BCUT2D eigenvalue weighted by molar-refractivity contribution is 5.27. The number of aliphatic hydroxyl groups is 1. The normalized spacial score (nSPS) is 24.3. The molecular formula is C17H25NO3. The zero-order valence-corrected chi connectivity index (χ0v) is 12.5. The van der Waals surface area contributed by atoms with E-state index in [-0.39, 0.29) is 12.2 Å². The molecule has 0 amide bonds. The summed E-state index contributed by atoms with van der Waals surface area (Å²) in [6.07, 6.45) is 4.01. The van der Waals surface area contributed by atoms with Crippen LogP contribution in [0.5, 0.6) is 5.75 Å². The van der Waals surface area contributed by atoms with Gasteiger partial charge in [0.1, 0.15) is 11.9 Å². The molecule has 3 rings (SSSR count). The van der Waals surface area contributed by atoms with E-state index in [1.54, 1.807) is 0 Å². The summed E-state index contributed by atoms with van der Waals surface area (Å²) in [5, 5.41) is 9.51. The predicted octanol–water partition coefficient (Wildman–Crippen LogP) is 1.85. The average Bonchev–Trinajstić information content (AvgIpc) is 3.01. The van der Waals surface area contributed by atoms with Crippen LogP contribution < -0.4 is 4.74 Å². The molecule has 0 saturated carbocycles. The molecule has 0 radical (unpaired) electrons. The number of nitrogens with zero attached hydrogens (tertiary/aromatic N) is 1. The van der Waals surface area contributed by atoms with Crippen molar-refractivity contribution in [3.63, 3.8) is 0 Å². The third-order valence-electron chi connectivity index (χ3n) is 4.39. The predicted molar refractivity (Wildman–Crippen MR) is 81.7 cm³/mol. The number of piperidine rings is 1. The van der Waals surface area contributed by atoms with Crippen molar-refractivity contribution in [3.8, 4) is 5.75 Å². The van der Waals surface area contributed by atoms with Gasteiger partial charge in [-0.1, -0.05) is 12.1 Å². The van der Waals surface area contributed by atoms with Gasteiger partial charge in [0.2, 0.25) is 0 Å². The molecule has 4 nitrogen and oxygen atoms in total. The Balaban J connectivity index is 1.43. The van der Waals surface area contributed by atoms with Crippen LogP contribution in [0.3, 0.4) is 0 Å². The van der Waals surface area contributed by atoms with Gasteiger partial charge in [-0.05, 0) is 37.0 Å². The van der Waals surface area contributed by atoms with E-state index in [9.17, 15) is 5.11 Å². The molecular weight excluding hydrogens is 266 g/mol. The number of hydrogen-bond acceptors (Lipinski definition) is 4. The summed E-state index contributed by atoms with van der Waals surface area (Å²) in [7, 11) is 0. The Morgan fingerprint density at radius 1 is 1.14 bits per heavy atom. The van der Waals surface area contributed by atoms with Crippen LogP contribution in [0.4, 0.5) is 0 Å². The van der Waals surface area contributed by atoms with Crippen molar-refractivity contribution in [1.29, 1.82) is 0 Å².